The fourth-order valence-corrected chi connectivity index (χ4v) is 2.08. The van der Waals surface area contributed by atoms with Gasteiger partial charge < -0.3 is 10.6 Å². The SMILES string of the molecule is C[C@@H](c1ccccn1)N1CC(C(N)=O)CC1=O. The van der Waals surface area contributed by atoms with Crippen LogP contribution in [0, 0.1) is 5.92 Å². The lowest BCUT2D eigenvalue weighted by Gasteiger charge is -2.23. The molecule has 1 aliphatic rings. The van der Waals surface area contributed by atoms with Crippen LogP contribution in [0.2, 0.25) is 0 Å². The second-order valence-corrected chi connectivity index (χ2v) is 4.28. The summed E-state index contributed by atoms with van der Waals surface area (Å²) in [7, 11) is 0. The smallest absolute Gasteiger partial charge is 0.224 e. The van der Waals surface area contributed by atoms with E-state index in [2.05, 4.69) is 4.98 Å². The average molecular weight is 233 g/mol. The normalized spacial score (nSPS) is 21.6. The van der Waals surface area contributed by atoms with Gasteiger partial charge in [-0.3, -0.25) is 14.6 Å². The number of primary amides is 1. The fraction of sp³-hybridized carbons (Fsp3) is 0.417. The van der Waals surface area contributed by atoms with Crippen LogP contribution < -0.4 is 5.73 Å². The lowest BCUT2D eigenvalue weighted by atomic mass is 10.1. The molecule has 90 valence electrons. The summed E-state index contributed by atoms with van der Waals surface area (Å²) >= 11 is 0. The van der Waals surface area contributed by atoms with Gasteiger partial charge in [-0.1, -0.05) is 6.07 Å². The van der Waals surface area contributed by atoms with Crippen molar-refractivity contribution in [1.29, 1.82) is 0 Å². The number of likely N-dealkylation sites (tertiary alicyclic amines) is 1. The van der Waals surface area contributed by atoms with E-state index in [1.807, 2.05) is 25.1 Å². The van der Waals surface area contributed by atoms with Crippen LogP contribution in [0.5, 0.6) is 0 Å². The van der Waals surface area contributed by atoms with Gasteiger partial charge in [0.05, 0.1) is 17.7 Å². The van der Waals surface area contributed by atoms with Crippen molar-refractivity contribution in [2.45, 2.75) is 19.4 Å². The first kappa shape index (κ1) is 11.6. The topological polar surface area (TPSA) is 76.3 Å². The van der Waals surface area contributed by atoms with E-state index in [4.69, 9.17) is 5.73 Å². The quantitative estimate of drug-likeness (QED) is 0.824. The molecular weight excluding hydrogens is 218 g/mol. The van der Waals surface area contributed by atoms with E-state index in [1.165, 1.54) is 0 Å². The highest BCUT2D eigenvalue weighted by Gasteiger charge is 2.36. The Bertz CT molecular complexity index is 433. The van der Waals surface area contributed by atoms with Crippen LogP contribution in [-0.4, -0.2) is 28.2 Å². The number of hydrogen-bond donors (Lipinski definition) is 1. The van der Waals surface area contributed by atoms with E-state index >= 15 is 0 Å². The third-order valence-corrected chi connectivity index (χ3v) is 3.14. The van der Waals surface area contributed by atoms with Crippen molar-refractivity contribution in [2.75, 3.05) is 6.54 Å². The van der Waals surface area contributed by atoms with Gasteiger partial charge in [0.2, 0.25) is 11.8 Å². The molecule has 2 atom stereocenters. The van der Waals surface area contributed by atoms with Crippen LogP contribution in [-0.2, 0) is 9.59 Å². The Morgan fingerprint density at radius 2 is 2.35 bits per heavy atom. The maximum atomic E-state index is 11.8. The molecule has 0 radical (unpaired) electrons. The monoisotopic (exact) mass is 233 g/mol. The fourth-order valence-electron chi connectivity index (χ4n) is 2.08. The molecule has 2 N–H and O–H groups in total. The molecule has 2 amide bonds. The van der Waals surface area contributed by atoms with Crippen molar-refractivity contribution < 1.29 is 9.59 Å². The summed E-state index contributed by atoms with van der Waals surface area (Å²) in [5.74, 6) is -0.810. The van der Waals surface area contributed by atoms with Gasteiger partial charge in [-0.05, 0) is 19.1 Å². The Morgan fingerprint density at radius 1 is 1.59 bits per heavy atom. The molecule has 0 aromatic carbocycles. The molecule has 17 heavy (non-hydrogen) atoms. The Morgan fingerprint density at radius 3 is 2.88 bits per heavy atom. The summed E-state index contributed by atoms with van der Waals surface area (Å²) in [6.45, 7) is 2.30. The summed E-state index contributed by atoms with van der Waals surface area (Å²) in [6, 6.07) is 5.46. The number of aromatic nitrogens is 1. The minimum atomic E-state index is -0.408. The van der Waals surface area contributed by atoms with Crippen LogP contribution in [0.15, 0.2) is 24.4 Å². The number of pyridine rings is 1. The Labute approximate surface area is 99.6 Å². The van der Waals surface area contributed by atoms with Crippen LogP contribution in [0.3, 0.4) is 0 Å². The molecule has 0 saturated carbocycles. The molecular formula is C12H15N3O2. The molecule has 5 heteroatoms. The lowest BCUT2D eigenvalue weighted by Crippen LogP contribution is -2.31. The molecule has 1 aromatic heterocycles. The highest BCUT2D eigenvalue weighted by atomic mass is 16.2. The van der Waals surface area contributed by atoms with Gasteiger partial charge in [-0.2, -0.15) is 0 Å². The standard InChI is InChI=1S/C12H15N3O2/c1-8(10-4-2-3-5-14-10)15-7-9(12(13)17)6-11(15)16/h2-5,8-9H,6-7H2,1H3,(H2,13,17)/t8-,9?/m0/s1. The zero-order valence-corrected chi connectivity index (χ0v) is 9.67. The van der Waals surface area contributed by atoms with Gasteiger partial charge in [0, 0.05) is 19.2 Å². The number of hydrogen-bond acceptors (Lipinski definition) is 3. The van der Waals surface area contributed by atoms with Crippen molar-refractivity contribution in [3.05, 3.63) is 30.1 Å². The van der Waals surface area contributed by atoms with E-state index in [-0.39, 0.29) is 24.3 Å². The van der Waals surface area contributed by atoms with E-state index < -0.39 is 5.91 Å². The first-order chi connectivity index (χ1) is 8.09. The zero-order valence-electron chi connectivity index (χ0n) is 9.67. The molecule has 1 fully saturated rings. The van der Waals surface area contributed by atoms with Crippen molar-refractivity contribution in [3.8, 4) is 0 Å². The first-order valence-electron chi connectivity index (χ1n) is 5.59. The number of carbonyl (C=O) groups is 2. The predicted octanol–water partition coefficient (Wildman–Crippen LogP) is 0.476. The molecule has 1 aliphatic heterocycles. The highest BCUT2D eigenvalue weighted by Crippen LogP contribution is 2.27. The number of carbonyl (C=O) groups excluding carboxylic acids is 2. The zero-order chi connectivity index (χ0) is 12.4. The number of rotatable bonds is 3. The van der Waals surface area contributed by atoms with Gasteiger partial charge >= 0.3 is 0 Å². The number of amides is 2. The summed E-state index contributed by atoms with van der Waals surface area (Å²) in [4.78, 5) is 28.8. The Hall–Kier alpha value is -1.91. The largest absolute Gasteiger partial charge is 0.369 e. The molecule has 2 heterocycles. The number of nitrogens with two attached hydrogens (primary N) is 1. The second-order valence-electron chi connectivity index (χ2n) is 4.28. The third kappa shape index (κ3) is 2.27. The summed E-state index contributed by atoms with van der Waals surface area (Å²) < 4.78 is 0. The minimum Gasteiger partial charge on any atom is -0.369 e. The molecule has 1 aromatic rings. The minimum absolute atomic E-state index is 0.0352. The number of nitrogens with zero attached hydrogens (tertiary/aromatic N) is 2. The van der Waals surface area contributed by atoms with Crippen LogP contribution in [0.4, 0.5) is 0 Å². The molecule has 0 bridgehead atoms. The summed E-state index contributed by atoms with van der Waals surface area (Å²) in [5.41, 5.74) is 6.05. The average Bonchev–Trinajstić information content (AvgIpc) is 2.72. The van der Waals surface area contributed by atoms with Gasteiger partial charge in [0.25, 0.3) is 0 Å². The summed E-state index contributed by atoms with van der Waals surface area (Å²) in [5, 5.41) is 0. The molecule has 2 rings (SSSR count). The molecule has 0 aliphatic carbocycles. The second kappa shape index (κ2) is 4.53. The molecule has 5 nitrogen and oxygen atoms in total. The van der Waals surface area contributed by atoms with Crippen LogP contribution in [0.1, 0.15) is 25.1 Å². The first-order valence-corrected chi connectivity index (χ1v) is 5.59. The van der Waals surface area contributed by atoms with Gasteiger partial charge in [0.15, 0.2) is 0 Å². The van der Waals surface area contributed by atoms with Gasteiger partial charge in [-0.15, -0.1) is 0 Å². The van der Waals surface area contributed by atoms with Crippen LogP contribution in [0.25, 0.3) is 0 Å². The third-order valence-electron chi connectivity index (χ3n) is 3.14. The van der Waals surface area contributed by atoms with E-state index in [1.54, 1.807) is 11.1 Å². The van der Waals surface area contributed by atoms with Crippen molar-refractivity contribution in [2.24, 2.45) is 11.7 Å². The van der Waals surface area contributed by atoms with Gasteiger partial charge in [0.1, 0.15) is 0 Å². The van der Waals surface area contributed by atoms with Crippen molar-refractivity contribution >= 4 is 11.8 Å². The van der Waals surface area contributed by atoms with E-state index in [0.29, 0.717) is 6.54 Å². The molecule has 1 unspecified atom stereocenters. The molecule has 1 saturated heterocycles. The summed E-state index contributed by atoms with van der Waals surface area (Å²) in [6.07, 6.45) is 1.91. The van der Waals surface area contributed by atoms with Crippen LogP contribution >= 0.6 is 0 Å². The predicted molar refractivity (Wildman–Crippen MR) is 61.7 cm³/mol. The Balaban J connectivity index is 2.14. The van der Waals surface area contributed by atoms with E-state index in [9.17, 15) is 9.59 Å². The maximum Gasteiger partial charge on any atom is 0.224 e. The lowest BCUT2D eigenvalue weighted by molar-refractivity contribution is -0.130. The Kier molecular flexibility index (Phi) is 3.08. The maximum absolute atomic E-state index is 11.8. The van der Waals surface area contributed by atoms with Crippen molar-refractivity contribution in [1.82, 2.24) is 9.88 Å². The van der Waals surface area contributed by atoms with E-state index in [0.717, 1.165) is 5.69 Å². The van der Waals surface area contributed by atoms with Crippen molar-refractivity contribution in [3.63, 3.8) is 0 Å². The molecule has 0 spiro atoms. The highest BCUT2D eigenvalue weighted by molar-refractivity contribution is 5.88. The van der Waals surface area contributed by atoms with Gasteiger partial charge in [-0.25, -0.2) is 0 Å².